The molecule has 3 nitrogen and oxygen atoms in total. The summed E-state index contributed by atoms with van der Waals surface area (Å²) in [5.74, 6) is 0.581. The van der Waals surface area contributed by atoms with Crippen LogP contribution in [0.3, 0.4) is 0 Å². The zero-order valence-electron chi connectivity index (χ0n) is 12.6. The summed E-state index contributed by atoms with van der Waals surface area (Å²) in [7, 11) is -3.41. The van der Waals surface area contributed by atoms with E-state index in [1.165, 1.54) is 0 Å². The van der Waals surface area contributed by atoms with E-state index in [9.17, 15) is 8.42 Å². The standard InChI is InChI=1S/C15H21Br2NO2S/c1-15(2,3)11-6-8-18(9-7-11)21(19,20)14-5-4-12(16)10-13(14)17/h4-5,10-11H,6-9H2,1-3H3. The van der Waals surface area contributed by atoms with Gasteiger partial charge in [-0.2, -0.15) is 4.31 Å². The van der Waals surface area contributed by atoms with Crippen molar-refractivity contribution in [2.24, 2.45) is 11.3 Å². The molecule has 1 aliphatic heterocycles. The molecule has 0 aliphatic carbocycles. The second-order valence-corrected chi connectivity index (χ2v) is 10.3. The van der Waals surface area contributed by atoms with Crippen molar-refractivity contribution in [2.75, 3.05) is 13.1 Å². The van der Waals surface area contributed by atoms with E-state index in [0.29, 0.717) is 28.4 Å². The van der Waals surface area contributed by atoms with Gasteiger partial charge in [0.05, 0.1) is 4.90 Å². The number of hydrogen-bond acceptors (Lipinski definition) is 2. The molecular weight excluding hydrogens is 418 g/mol. The molecule has 0 unspecified atom stereocenters. The molecule has 1 aromatic rings. The minimum atomic E-state index is -3.41. The van der Waals surface area contributed by atoms with Gasteiger partial charge in [0.25, 0.3) is 0 Å². The molecule has 1 fully saturated rings. The normalized spacial score (nSPS) is 18.9. The van der Waals surface area contributed by atoms with Crippen LogP contribution in [0.1, 0.15) is 33.6 Å². The number of hydrogen-bond donors (Lipinski definition) is 0. The Bertz CT molecular complexity index is 615. The Hall–Kier alpha value is 0.0900. The van der Waals surface area contributed by atoms with Gasteiger partial charge in [-0.3, -0.25) is 0 Å². The molecule has 21 heavy (non-hydrogen) atoms. The number of halogens is 2. The van der Waals surface area contributed by atoms with Gasteiger partial charge in [0.2, 0.25) is 10.0 Å². The maximum Gasteiger partial charge on any atom is 0.244 e. The fourth-order valence-electron chi connectivity index (χ4n) is 2.79. The van der Waals surface area contributed by atoms with E-state index in [0.717, 1.165) is 17.3 Å². The number of benzene rings is 1. The van der Waals surface area contributed by atoms with Crippen LogP contribution in [0.5, 0.6) is 0 Å². The zero-order chi connectivity index (χ0) is 15.8. The van der Waals surface area contributed by atoms with E-state index in [4.69, 9.17) is 0 Å². The van der Waals surface area contributed by atoms with E-state index in [-0.39, 0.29) is 5.41 Å². The molecule has 0 radical (unpaired) electrons. The Morgan fingerprint density at radius 1 is 1.14 bits per heavy atom. The number of rotatable bonds is 2. The van der Waals surface area contributed by atoms with Crippen LogP contribution in [0.4, 0.5) is 0 Å². The van der Waals surface area contributed by atoms with E-state index < -0.39 is 10.0 Å². The maximum atomic E-state index is 12.8. The lowest BCUT2D eigenvalue weighted by atomic mass is 9.76. The first-order valence-electron chi connectivity index (χ1n) is 7.07. The van der Waals surface area contributed by atoms with Gasteiger partial charge in [0.15, 0.2) is 0 Å². The highest BCUT2D eigenvalue weighted by molar-refractivity contribution is 9.11. The van der Waals surface area contributed by atoms with Crippen molar-refractivity contribution in [3.05, 3.63) is 27.1 Å². The number of nitrogens with zero attached hydrogens (tertiary/aromatic N) is 1. The summed E-state index contributed by atoms with van der Waals surface area (Å²) < 4.78 is 28.6. The lowest BCUT2D eigenvalue weighted by Gasteiger charge is -2.38. The van der Waals surface area contributed by atoms with Crippen LogP contribution >= 0.6 is 31.9 Å². The van der Waals surface area contributed by atoms with Crippen LogP contribution in [-0.4, -0.2) is 25.8 Å². The van der Waals surface area contributed by atoms with Gasteiger partial charge in [-0.25, -0.2) is 8.42 Å². The smallest absolute Gasteiger partial charge is 0.207 e. The molecule has 1 aromatic carbocycles. The van der Waals surface area contributed by atoms with Crippen molar-refractivity contribution in [1.29, 1.82) is 0 Å². The van der Waals surface area contributed by atoms with Crippen LogP contribution in [0, 0.1) is 11.3 Å². The van der Waals surface area contributed by atoms with Gasteiger partial charge in [0, 0.05) is 22.0 Å². The van der Waals surface area contributed by atoms with Crippen LogP contribution in [0.15, 0.2) is 32.0 Å². The molecule has 0 bridgehead atoms. The second kappa shape index (κ2) is 6.30. The first-order valence-corrected chi connectivity index (χ1v) is 10.1. The third-order valence-corrected chi connectivity index (χ3v) is 7.56. The molecule has 0 saturated carbocycles. The average molecular weight is 439 g/mol. The summed E-state index contributed by atoms with van der Waals surface area (Å²) in [6.45, 7) is 7.90. The van der Waals surface area contributed by atoms with E-state index in [2.05, 4.69) is 52.6 Å². The number of sulfonamides is 1. The molecular formula is C15H21Br2NO2S. The lowest BCUT2D eigenvalue weighted by molar-refractivity contribution is 0.154. The predicted molar refractivity (Wildman–Crippen MR) is 92.8 cm³/mol. The highest BCUT2D eigenvalue weighted by atomic mass is 79.9. The van der Waals surface area contributed by atoms with Crippen molar-refractivity contribution in [3.63, 3.8) is 0 Å². The Labute approximate surface area is 144 Å². The summed E-state index contributed by atoms with van der Waals surface area (Å²) >= 11 is 6.71. The largest absolute Gasteiger partial charge is 0.244 e. The van der Waals surface area contributed by atoms with Crippen LogP contribution in [0.25, 0.3) is 0 Å². The summed E-state index contributed by atoms with van der Waals surface area (Å²) in [6, 6.07) is 5.19. The van der Waals surface area contributed by atoms with Crippen molar-refractivity contribution in [1.82, 2.24) is 4.31 Å². The first kappa shape index (κ1) is 17.4. The zero-order valence-corrected chi connectivity index (χ0v) is 16.6. The van der Waals surface area contributed by atoms with Crippen LogP contribution < -0.4 is 0 Å². The Morgan fingerprint density at radius 2 is 1.71 bits per heavy atom. The monoisotopic (exact) mass is 437 g/mol. The summed E-state index contributed by atoms with van der Waals surface area (Å²) in [5.41, 5.74) is 0.244. The molecule has 2 rings (SSSR count). The van der Waals surface area contributed by atoms with Crippen molar-refractivity contribution >= 4 is 41.9 Å². The fourth-order valence-corrected chi connectivity index (χ4v) is 5.96. The molecule has 0 N–H and O–H groups in total. The fraction of sp³-hybridized carbons (Fsp3) is 0.600. The summed E-state index contributed by atoms with van der Waals surface area (Å²) in [6.07, 6.45) is 1.85. The predicted octanol–water partition coefficient (Wildman–Crippen LogP) is 4.66. The first-order chi connectivity index (χ1) is 9.62. The minimum absolute atomic E-state index is 0.244. The third-order valence-electron chi connectivity index (χ3n) is 4.19. The van der Waals surface area contributed by atoms with Gasteiger partial charge in [0.1, 0.15) is 0 Å². The van der Waals surface area contributed by atoms with Crippen LogP contribution in [0.2, 0.25) is 0 Å². The molecule has 6 heteroatoms. The molecule has 0 spiro atoms. The Kier molecular flexibility index (Phi) is 5.23. The summed E-state index contributed by atoms with van der Waals surface area (Å²) in [4.78, 5) is 0.347. The van der Waals surface area contributed by atoms with Gasteiger partial charge >= 0.3 is 0 Å². The third kappa shape index (κ3) is 3.89. The molecule has 118 valence electrons. The number of piperidine rings is 1. The lowest BCUT2D eigenvalue weighted by Crippen LogP contribution is -2.41. The topological polar surface area (TPSA) is 37.4 Å². The Morgan fingerprint density at radius 3 is 2.19 bits per heavy atom. The van der Waals surface area contributed by atoms with Crippen LogP contribution in [-0.2, 0) is 10.0 Å². The molecule has 0 aromatic heterocycles. The van der Waals surface area contributed by atoms with E-state index in [1.54, 1.807) is 22.5 Å². The quantitative estimate of drug-likeness (QED) is 0.673. The molecule has 1 aliphatic rings. The highest BCUT2D eigenvalue weighted by Gasteiger charge is 2.34. The van der Waals surface area contributed by atoms with Gasteiger partial charge in [-0.15, -0.1) is 0 Å². The van der Waals surface area contributed by atoms with E-state index in [1.807, 2.05) is 0 Å². The van der Waals surface area contributed by atoms with Crippen molar-refractivity contribution < 1.29 is 8.42 Å². The second-order valence-electron chi connectivity index (χ2n) is 6.62. The molecule has 1 heterocycles. The van der Waals surface area contributed by atoms with Gasteiger partial charge in [-0.1, -0.05) is 36.7 Å². The van der Waals surface area contributed by atoms with E-state index >= 15 is 0 Å². The average Bonchev–Trinajstić information content (AvgIpc) is 2.37. The SMILES string of the molecule is CC(C)(C)C1CCN(S(=O)(=O)c2ccc(Br)cc2Br)CC1. The molecule has 1 saturated heterocycles. The summed E-state index contributed by atoms with van der Waals surface area (Å²) in [5, 5.41) is 0. The van der Waals surface area contributed by atoms with Gasteiger partial charge < -0.3 is 0 Å². The van der Waals surface area contributed by atoms with Crippen molar-refractivity contribution in [2.45, 2.75) is 38.5 Å². The van der Waals surface area contributed by atoms with Gasteiger partial charge in [-0.05, 0) is 58.3 Å². The molecule has 0 amide bonds. The maximum absolute atomic E-state index is 12.8. The minimum Gasteiger partial charge on any atom is -0.207 e. The van der Waals surface area contributed by atoms with Crippen molar-refractivity contribution in [3.8, 4) is 0 Å². The Balaban J connectivity index is 2.19. The molecule has 0 atom stereocenters. The highest BCUT2D eigenvalue weighted by Crippen LogP contribution is 2.36.